The molecule has 1 aliphatic rings. The first kappa shape index (κ1) is 16.0. The van der Waals surface area contributed by atoms with E-state index in [-0.39, 0.29) is 12.0 Å². The molecule has 5 heteroatoms. The topological polar surface area (TPSA) is 47.6 Å². The van der Waals surface area contributed by atoms with E-state index in [0.717, 1.165) is 31.6 Å². The number of thiophene rings is 1. The summed E-state index contributed by atoms with van der Waals surface area (Å²) < 4.78 is 11.2. The lowest BCUT2D eigenvalue weighted by molar-refractivity contribution is 0.0679. The minimum atomic E-state index is -0.0501. The molecule has 1 fully saturated rings. The average molecular weight is 331 g/mol. The van der Waals surface area contributed by atoms with Crippen LogP contribution in [0.15, 0.2) is 41.1 Å². The number of benzene rings is 1. The van der Waals surface area contributed by atoms with Gasteiger partial charge in [-0.1, -0.05) is 0 Å². The quantitative estimate of drug-likeness (QED) is 0.847. The smallest absolute Gasteiger partial charge is 0.251 e. The summed E-state index contributed by atoms with van der Waals surface area (Å²) in [6.45, 7) is 2.05. The van der Waals surface area contributed by atoms with Crippen molar-refractivity contribution in [3.63, 3.8) is 0 Å². The van der Waals surface area contributed by atoms with Gasteiger partial charge in [-0.25, -0.2) is 0 Å². The molecule has 2 aromatic rings. The van der Waals surface area contributed by atoms with Gasteiger partial charge in [0.1, 0.15) is 12.4 Å². The molecule has 0 radical (unpaired) electrons. The van der Waals surface area contributed by atoms with E-state index in [1.807, 2.05) is 17.5 Å². The molecule has 4 nitrogen and oxygen atoms in total. The highest BCUT2D eigenvalue weighted by atomic mass is 32.1. The summed E-state index contributed by atoms with van der Waals surface area (Å²) in [5.41, 5.74) is 1.91. The van der Waals surface area contributed by atoms with Crippen LogP contribution in [0.4, 0.5) is 0 Å². The monoisotopic (exact) mass is 331 g/mol. The van der Waals surface area contributed by atoms with Gasteiger partial charge in [-0.2, -0.15) is 11.3 Å². The van der Waals surface area contributed by atoms with Gasteiger partial charge in [0.05, 0.1) is 6.10 Å². The molecule has 1 aromatic heterocycles. The van der Waals surface area contributed by atoms with Crippen LogP contribution < -0.4 is 10.1 Å². The summed E-state index contributed by atoms with van der Waals surface area (Å²) in [5.74, 6) is 0.723. The molecule has 1 aliphatic heterocycles. The Morgan fingerprint density at radius 1 is 1.30 bits per heavy atom. The Balaban J connectivity index is 1.43. The SMILES string of the molecule is O=C(NCCc1ccsc1)c1ccc(OCC2CCCO2)cc1. The lowest BCUT2D eigenvalue weighted by atomic mass is 10.2. The molecule has 23 heavy (non-hydrogen) atoms. The van der Waals surface area contributed by atoms with Crippen molar-refractivity contribution in [3.8, 4) is 5.75 Å². The van der Waals surface area contributed by atoms with Gasteiger partial charge in [0.25, 0.3) is 5.91 Å². The number of rotatable bonds is 7. The van der Waals surface area contributed by atoms with Crippen LogP contribution in [-0.2, 0) is 11.2 Å². The normalized spacial score (nSPS) is 17.1. The van der Waals surface area contributed by atoms with E-state index in [2.05, 4.69) is 16.8 Å². The van der Waals surface area contributed by atoms with Crippen molar-refractivity contribution in [3.05, 3.63) is 52.2 Å². The van der Waals surface area contributed by atoms with E-state index in [1.54, 1.807) is 23.5 Å². The molecule has 0 bridgehead atoms. The second-order valence-corrected chi connectivity index (χ2v) is 6.39. The van der Waals surface area contributed by atoms with Crippen molar-refractivity contribution in [1.29, 1.82) is 0 Å². The maximum atomic E-state index is 12.1. The Hall–Kier alpha value is -1.85. The van der Waals surface area contributed by atoms with Gasteiger partial charge in [-0.3, -0.25) is 4.79 Å². The third-order valence-corrected chi connectivity index (χ3v) is 4.59. The summed E-state index contributed by atoms with van der Waals surface area (Å²) in [5, 5.41) is 7.09. The maximum absolute atomic E-state index is 12.1. The Kier molecular flexibility index (Phi) is 5.66. The number of ether oxygens (including phenoxy) is 2. The van der Waals surface area contributed by atoms with Crippen LogP contribution in [0.5, 0.6) is 5.75 Å². The van der Waals surface area contributed by atoms with Gasteiger partial charge in [0.15, 0.2) is 0 Å². The molecular weight excluding hydrogens is 310 g/mol. The van der Waals surface area contributed by atoms with Crippen LogP contribution in [0, 0.1) is 0 Å². The van der Waals surface area contributed by atoms with Crippen molar-refractivity contribution in [2.24, 2.45) is 0 Å². The minimum absolute atomic E-state index is 0.0501. The number of hydrogen-bond acceptors (Lipinski definition) is 4. The highest BCUT2D eigenvalue weighted by Gasteiger charge is 2.16. The van der Waals surface area contributed by atoms with Gasteiger partial charge >= 0.3 is 0 Å². The number of amides is 1. The van der Waals surface area contributed by atoms with E-state index >= 15 is 0 Å². The van der Waals surface area contributed by atoms with Crippen molar-refractivity contribution < 1.29 is 14.3 Å². The highest BCUT2D eigenvalue weighted by Crippen LogP contribution is 2.16. The maximum Gasteiger partial charge on any atom is 0.251 e. The van der Waals surface area contributed by atoms with Gasteiger partial charge < -0.3 is 14.8 Å². The lowest BCUT2D eigenvalue weighted by Crippen LogP contribution is -2.25. The van der Waals surface area contributed by atoms with Gasteiger partial charge in [-0.05, 0) is 65.9 Å². The van der Waals surface area contributed by atoms with E-state index in [0.29, 0.717) is 18.7 Å². The third-order valence-electron chi connectivity index (χ3n) is 3.86. The molecule has 122 valence electrons. The van der Waals surface area contributed by atoms with Crippen LogP contribution in [-0.4, -0.2) is 31.8 Å². The molecule has 1 saturated heterocycles. The zero-order valence-corrected chi connectivity index (χ0v) is 13.8. The summed E-state index contributed by atoms with van der Waals surface area (Å²) in [6.07, 6.45) is 3.23. The van der Waals surface area contributed by atoms with E-state index in [4.69, 9.17) is 9.47 Å². The Morgan fingerprint density at radius 3 is 2.87 bits per heavy atom. The number of hydrogen-bond donors (Lipinski definition) is 1. The first-order chi connectivity index (χ1) is 11.3. The summed E-state index contributed by atoms with van der Waals surface area (Å²) in [6, 6.07) is 9.35. The van der Waals surface area contributed by atoms with Crippen molar-refractivity contribution in [1.82, 2.24) is 5.32 Å². The first-order valence-electron chi connectivity index (χ1n) is 7.95. The number of carbonyl (C=O) groups excluding carboxylic acids is 1. The zero-order chi connectivity index (χ0) is 15.9. The van der Waals surface area contributed by atoms with Gasteiger partial charge in [0, 0.05) is 18.7 Å². The fraction of sp³-hybridized carbons (Fsp3) is 0.389. The molecule has 1 N–H and O–H groups in total. The third kappa shape index (κ3) is 4.81. The summed E-state index contributed by atoms with van der Waals surface area (Å²) in [7, 11) is 0. The Bertz CT molecular complexity index is 604. The summed E-state index contributed by atoms with van der Waals surface area (Å²) >= 11 is 1.67. The fourth-order valence-corrected chi connectivity index (χ4v) is 3.23. The molecule has 0 saturated carbocycles. The summed E-state index contributed by atoms with van der Waals surface area (Å²) in [4.78, 5) is 12.1. The molecule has 0 spiro atoms. The lowest BCUT2D eigenvalue weighted by Gasteiger charge is -2.11. The van der Waals surface area contributed by atoms with E-state index in [1.165, 1.54) is 5.56 Å². The van der Waals surface area contributed by atoms with E-state index in [9.17, 15) is 4.79 Å². The largest absolute Gasteiger partial charge is 0.491 e. The molecule has 3 rings (SSSR count). The molecule has 1 atom stereocenters. The van der Waals surface area contributed by atoms with Crippen LogP contribution in [0.2, 0.25) is 0 Å². The Labute approximate surface area is 140 Å². The van der Waals surface area contributed by atoms with Gasteiger partial charge in [-0.15, -0.1) is 0 Å². The molecular formula is C18H21NO3S. The first-order valence-corrected chi connectivity index (χ1v) is 8.89. The van der Waals surface area contributed by atoms with Gasteiger partial charge in [0.2, 0.25) is 0 Å². The molecule has 1 aromatic carbocycles. The van der Waals surface area contributed by atoms with Crippen LogP contribution in [0.3, 0.4) is 0 Å². The molecule has 0 aliphatic carbocycles. The number of nitrogens with one attached hydrogen (secondary N) is 1. The standard InChI is InChI=1S/C18H21NO3S/c20-18(19-9-7-14-8-11-23-13-14)15-3-5-16(6-4-15)22-12-17-2-1-10-21-17/h3-6,8,11,13,17H,1-2,7,9-10,12H2,(H,19,20). The predicted octanol–water partition coefficient (Wildman–Crippen LogP) is 3.28. The van der Waals surface area contributed by atoms with Crippen molar-refractivity contribution >= 4 is 17.2 Å². The zero-order valence-electron chi connectivity index (χ0n) is 13.0. The van der Waals surface area contributed by atoms with Crippen molar-refractivity contribution in [2.45, 2.75) is 25.4 Å². The minimum Gasteiger partial charge on any atom is -0.491 e. The molecule has 1 amide bonds. The van der Waals surface area contributed by atoms with Crippen molar-refractivity contribution in [2.75, 3.05) is 19.8 Å². The van der Waals surface area contributed by atoms with Crippen LogP contribution in [0.1, 0.15) is 28.8 Å². The second kappa shape index (κ2) is 8.13. The fourth-order valence-electron chi connectivity index (χ4n) is 2.52. The second-order valence-electron chi connectivity index (χ2n) is 5.61. The average Bonchev–Trinajstić information content (AvgIpc) is 3.27. The molecule has 2 heterocycles. The van der Waals surface area contributed by atoms with Crippen LogP contribution in [0.25, 0.3) is 0 Å². The predicted molar refractivity (Wildman–Crippen MR) is 91.3 cm³/mol. The highest BCUT2D eigenvalue weighted by molar-refractivity contribution is 7.07. The van der Waals surface area contributed by atoms with E-state index < -0.39 is 0 Å². The van der Waals surface area contributed by atoms with Crippen LogP contribution >= 0.6 is 11.3 Å². The Morgan fingerprint density at radius 2 is 2.17 bits per heavy atom. The molecule has 1 unspecified atom stereocenters. The number of carbonyl (C=O) groups is 1.